The molecular weight excluding hydrogens is 263 g/mol. The van der Waals surface area contributed by atoms with Crippen LogP contribution in [0.3, 0.4) is 0 Å². The van der Waals surface area contributed by atoms with E-state index in [1.807, 2.05) is 0 Å². The van der Waals surface area contributed by atoms with Gasteiger partial charge >= 0.3 is 5.97 Å². The number of halogens is 1. The van der Waals surface area contributed by atoms with Gasteiger partial charge in [-0.2, -0.15) is 0 Å². The molecule has 102 valence electrons. The Balaban J connectivity index is 2.33. The zero-order chi connectivity index (χ0) is 14.7. The minimum Gasteiger partial charge on any atom is -0.478 e. The predicted molar refractivity (Wildman–Crippen MR) is 70.3 cm³/mol. The van der Waals surface area contributed by atoms with E-state index in [-0.39, 0.29) is 16.8 Å². The average molecular weight is 274 g/mol. The summed E-state index contributed by atoms with van der Waals surface area (Å²) in [5.74, 6) is -2.66. The predicted octanol–water partition coefficient (Wildman–Crippen LogP) is 2.48. The van der Waals surface area contributed by atoms with Gasteiger partial charge in [0.2, 0.25) is 0 Å². The number of carboxylic acids is 1. The van der Waals surface area contributed by atoms with Crippen LogP contribution in [0.1, 0.15) is 26.3 Å². The van der Waals surface area contributed by atoms with E-state index in [0.717, 1.165) is 11.8 Å². The molecule has 0 unspecified atom stereocenters. The third-order valence-corrected chi connectivity index (χ3v) is 2.67. The van der Waals surface area contributed by atoms with Gasteiger partial charge in [-0.3, -0.25) is 9.78 Å². The van der Waals surface area contributed by atoms with Crippen molar-refractivity contribution in [3.05, 3.63) is 59.2 Å². The Morgan fingerprint density at radius 1 is 1.25 bits per heavy atom. The van der Waals surface area contributed by atoms with Gasteiger partial charge in [0.15, 0.2) is 5.82 Å². The summed E-state index contributed by atoms with van der Waals surface area (Å²) in [5.41, 5.74) is 0.615. The summed E-state index contributed by atoms with van der Waals surface area (Å²) >= 11 is 0. The molecule has 0 aliphatic heterocycles. The standard InChI is InChI=1S/C14H11FN2O3/c1-8-2-3-12(10(6-8)14(19)20)17-13(18)9-4-5-16-7-11(9)15/h2-7H,1H3,(H,17,18)(H,19,20). The minimum atomic E-state index is -1.17. The van der Waals surface area contributed by atoms with Gasteiger partial charge in [-0.05, 0) is 25.1 Å². The van der Waals surface area contributed by atoms with Crippen molar-refractivity contribution in [1.82, 2.24) is 4.98 Å². The molecule has 0 aliphatic rings. The topological polar surface area (TPSA) is 79.3 Å². The van der Waals surface area contributed by atoms with Crippen molar-refractivity contribution in [1.29, 1.82) is 0 Å². The fourth-order valence-corrected chi connectivity index (χ4v) is 1.69. The number of benzene rings is 1. The maximum absolute atomic E-state index is 13.4. The number of anilines is 1. The monoisotopic (exact) mass is 274 g/mol. The first-order valence-corrected chi connectivity index (χ1v) is 5.74. The number of amides is 1. The van der Waals surface area contributed by atoms with Crippen molar-refractivity contribution < 1.29 is 19.1 Å². The molecule has 1 aromatic heterocycles. The molecule has 2 rings (SSSR count). The summed E-state index contributed by atoms with van der Waals surface area (Å²) in [6, 6.07) is 5.78. The van der Waals surface area contributed by atoms with E-state index in [2.05, 4.69) is 10.3 Å². The van der Waals surface area contributed by atoms with Crippen molar-refractivity contribution in [2.24, 2.45) is 0 Å². The normalized spacial score (nSPS) is 10.1. The summed E-state index contributed by atoms with van der Waals surface area (Å²) in [4.78, 5) is 26.6. The van der Waals surface area contributed by atoms with Crippen LogP contribution < -0.4 is 5.32 Å². The molecule has 5 nitrogen and oxygen atoms in total. The van der Waals surface area contributed by atoms with Crippen molar-refractivity contribution in [2.45, 2.75) is 6.92 Å². The second-order valence-corrected chi connectivity index (χ2v) is 4.16. The van der Waals surface area contributed by atoms with Crippen molar-refractivity contribution >= 4 is 17.6 Å². The van der Waals surface area contributed by atoms with Crippen LogP contribution >= 0.6 is 0 Å². The highest BCUT2D eigenvalue weighted by molar-refractivity contribution is 6.07. The van der Waals surface area contributed by atoms with E-state index in [4.69, 9.17) is 5.11 Å². The van der Waals surface area contributed by atoms with Gasteiger partial charge in [-0.1, -0.05) is 11.6 Å². The highest BCUT2D eigenvalue weighted by Crippen LogP contribution is 2.19. The Morgan fingerprint density at radius 2 is 2.00 bits per heavy atom. The molecular formula is C14H11FN2O3. The lowest BCUT2D eigenvalue weighted by Gasteiger charge is -2.09. The highest BCUT2D eigenvalue weighted by atomic mass is 19.1. The molecule has 0 spiro atoms. The van der Waals surface area contributed by atoms with Gasteiger partial charge < -0.3 is 10.4 Å². The molecule has 0 saturated carbocycles. The first-order chi connectivity index (χ1) is 9.49. The highest BCUT2D eigenvalue weighted by Gasteiger charge is 2.16. The fraction of sp³-hybridized carbons (Fsp3) is 0.0714. The molecule has 20 heavy (non-hydrogen) atoms. The number of aromatic nitrogens is 1. The molecule has 1 aromatic carbocycles. The summed E-state index contributed by atoms with van der Waals surface area (Å²) in [5, 5.41) is 11.5. The van der Waals surface area contributed by atoms with Crippen molar-refractivity contribution in [3.63, 3.8) is 0 Å². The van der Waals surface area contributed by atoms with Gasteiger partial charge in [-0.25, -0.2) is 9.18 Å². The third kappa shape index (κ3) is 2.80. The number of carbonyl (C=O) groups is 2. The summed E-state index contributed by atoms with van der Waals surface area (Å²) in [6.07, 6.45) is 2.20. The maximum atomic E-state index is 13.4. The molecule has 0 bridgehead atoms. The fourth-order valence-electron chi connectivity index (χ4n) is 1.69. The van der Waals surface area contributed by atoms with Gasteiger partial charge in [0.25, 0.3) is 5.91 Å². The Bertz CT molecular complexity index is 686. The number of pyridine rings is 1. The number of aromatic carboxylic acids is 1. The lowest BCUT2D eigenvalue weighted by molar-refractivity contribution is 0.0698. The number of nitrogens with one attached hydrogen (secondary N) is 1. The van der Waals surface area contributed by atoms with Gasteiger partial charge in [0.1, 0.15) is 0 Å². The van der Waals surface area contributed by atoms with Gasteiger partial charge in [0.05, 0.1) is 23.0 Å². The smallest absolute Gasteiger partial charge is 0.337 e. The molecule has 1 amide bonds. The Kier molecular flexibility index (Phi) is 3.74. The lowest BCUT2D eigenvalue weighted by atomic mass is 10.1. The molecule has 6 heteroatoms. The van der Waals surface area contributed by atoms with Crippen LogP contribution in [0.5, 0.6) is 0 Å². The van der Waals surface area contributed by atoms with Crippen molar-refractivity contribution in [3.8, 4) is 0 Å². The molecule has 2 aromatic rings. The van der Waals surface area contributed by atoms with Crippen LogP contribution in [0.4, 0.5) is 10.1 Å². The van der Waals surface area contributed by atoms with E-state index in [9.17, 15) is 14.0 Å². The zero-order valence-electron chi connectivity index (χ0n) is 10.6. The molecule has 2 N–H and O–H groups in total. The number of rotatable bonds is 3. The summed E-state index contributed by atoms with van der Waals surface area (Å²) < 4.78 is 13.4. The average Bonchev–Trinajstić information content (AvgIpc) is 2.41. The Labute approximate surface area is 114 Å². The second-order valence-electron chi connectivity index (χ2n) is 4.16. The minimum absolute atomic E-state index is 0.0483. The first kappa shape index (κ1) is 13.7. The van der Waals surface area contributed by atoms with Crippen molar-refractivity contribution in [2.75, 3.05) is 5.32 Å². The van der Waals surface area contributed by atoms with E-state index >= 15 is 0 Å². The van der Waals surface area contributed by atoms with E-state index in [0.29, 0.717) is 0 Å². The largest absolute Gasteiger partial charge is 0.478 e. The Hall–Kier alpha value is -2.76. The van der Waals surface area contributed by atoms with Crippen LogP contribution in [0.2, 0.25) is 0 Å². The SMILES string of the molecule is Cc1ccc(NC(=O)c2ccncc2F)c(C(=O)O)c1. The van der Waals surface area contributed by atoms with Crippen LogP contribution in [-0.2, 0) is 0 Å². The zero-order valence-corrected chi connectivity index (χ0v) is 10.6. The molecule has 0 atom stereocenters. The number of nitrogens with zero attached hydrogens (tertiary/aromatic N) is 1. The first-order valence-electron chi connectivity index (χ1n) is 5.74. The summed E-state index contributed by atoms with van der Waals surface area (Å²) in [6.45, 7) is 1.74. The molecule has 0 saturated heterocycles. The second kappa shape index (κ2) is 5.48. The van der Waals surface area contributed by atoms with Crippen LogP contribution in [0.25, 0.3) is 0 Å². The molecule has 1 heterocycles. The summed E-state index contributed by atoms with van der Waals surface area (Å²) in [7, 11) is 0. The van der Waals surface area contributed by atoms with Crippen LogP contribution in [-0.4, -0.2) is 22.0 Å². The molecule has 0 fully saturated rings. The van der Waals surface area contributed by atoms with Gasteiger partial charge in [0, 0.05) is 6.20 Å². The van der Waals surface area contributed by atoms with Gasteiger partial charge in [-0.15, -0.1) is 0 Å². The van der Waals surface area contributed by atoms with E-state index in [1.165, 1.54) is 24.4 Å². The van der Waals surface area contributed by atoms with Crippen LogP contribution in [0, 0.1) is 12.7 Å². The quantitative estimate of drug-likeness (QED) is 0.901. The molecule has 0 radical (unpaired) electrons. The van der Waals surface area contributed by atoms with E-state index < -0.39 is 17.7 Å². The number of aryl methyl sites for hydroxylation is 1. The van der Waals surface area contributed by atoms with E-state index in [1.54, 1.807) is 13.0 Å². The third-order valence-electron chi connectivity index (χ3n) is 2.67. The lowest BCUT2D eigenvalue weighted by Crippen LogP contribution is -2.16. The molecule has 0 aliphatic carbocycles. The van der Waals surface area contributed by atoms with Crippen LogP contribution in [0.15, 0.2) is 36.7 Å². The maximum Gasteiger partial charge on any atom is 0.337 e. The number of hydrogen-bond acceptors (Lipinski definition) is 3. The number of hydrogen-bond donors (Lipinski definition) is 2. The Morgan fingerprint density at radius 3 is 2.65 bits per heavy atom. The number of carboxylic acid groups (broad SMARTS) is 1. The number of carbonyl (C=O) groups excluding carboxylic acids is 1.